The number of carbonyl (C=O) groups is 1. The molecule has 1 saturated heterocycles. The van der Waals surface area contributed by atoms with Crippen molar-refractivity contribution in [3.63, 3.8) is 0 Å². The minimum absolute atomic E-state index is 0.146. The van der Waals surface area contributed by atoms with Crippen LogP contribution in [0.2, 0.25) is 0 Å². The van der Waals surface area contributed by atoms with Crippen LogP contribution in [0.1, 0.15) is 12.5 Å². The number of aryl methyl sites for hydroxylation is 1. The summed E-state index contributed by atoms with van der Waals surface area (Å²) in [5.41, 5.74) is 4.38. The number of aromatic nitrogens is 2. The Morgan fingerprint density at radius 3 is 2.52 bits per heavy atom. The lowest BCUT2D eigenvalue weighted by Crippen LogP contribution is -2.50. The van der Waals surface area contributed by atoms with Gasteiger partial charge in [-0.25, -0.2) is 0 Å². The maximum atomic E-state index is 12.9. The molecule has 0 atom stereocenters. The van der Waals surface area contributed by atoms with Crippen molar-refractivity contribution in [3.8, 4) is 11.1 Å². The number of piperazine rings is 1. The lowest BCUT2D eigenvalue weighted by atomic mass is 10.0. The zero-order valence-corrected chi connectivity index (χ0v) is 15.6. The largest absolute Gasteiger partial charge is 0.309 e. The first kappa shape index (κ1) is 17.5. The van der Waals surface area contributed by atoms with Gasteiger partial charge in [-0.05, 0) is 18.6 Å². The highest BCUT2D eigenvalue weighted by molar-refractivity contribution is 5.99. The first-order chi connectivity index (χ1) is 13.2. The van der Waals surface area contributed by atoms with E-state index in [1.54, 1.807) is 0 Å². The Labute approximate surface area is 159 Å². The van der Waals surface area contributed by atoms with Crippen LogP contribution in [0, 0.1) is 0 Å². The minimum Gasteiger partial charge on any atom is -0.309 e. The van der Waals surface area contributed by atoms with Gasteiger partial charge >= 0.3 is 0 Å². The molecule has 138 valence electrons. The smallest absolute Gasteiger partial charge is 0.241 e. The molecule has 27 heavy (non-hydrogen) atoms. The summed E-state index contributed by atoms with van der Waals surface area (Å²) in [7, 11) is 0. The molecule has 1 aromatic heterocycles. The molecule has 0 spiro atoms. The Kier molecular flexibility index (Phi) is 5.03. The molecule has 0 aliphatic carbocycles. The summed E-state index contributed by atoms with van der Waals surface area (Å²) in [6, 6.07) is 18.4. The third kappa shape index (κ3) is 3.78. The van der Waals surface area contributed by atoms with Gasteiger partial charge in [0.05, 0.1) is 18.4 Å². The molecule has 1 fully saturated rings. The van der Waals surface area contributed by atoms with Crippen molar-refractivity contribution in [2.45, 2.75) is 20.0 Å². The Morgan fingerprint density at radius 2 is 1.78 bits per heavy atom. The predicted octanol–water partition coefficient (Wildman–Crippen LogP) is 3.42. The van der Waals surface area contributed by atoms with Crippen LogP contribution >= 0.6 is 0 Å². The fraction of sp³-hybridized carbons (Fsp3) is 0.273. The number of anilines is 1. The predicted molar refractivity (Wildman–Crippen MR) is 107 cm³/mol. The van der Waals surface area contributed by atoms with Crippen molar-refractivity contribution in [3.05, 3.63) is 72.6 Å². The standard InChI is InChI=1S/C22H24N4O/c1-2-25-16-18(14-23-25)15-24-12-13-26(22(27)17-24)21-11-7-6-10-20(21)19-8-4-3-5-9-19/h3-11,14,16H,2,12-13,15,17H2,1H3. The molecule has 2 aromatic carbocycles. The first-order valence-corrected chi connectivity index (χ1v) is 9.43. The maximum absolute atomic E-state index is 12.9. The molecular weight excluding hydrogens is 336 g/mol. The number of nitrogens with zero attached hydrogens (tertiary/aromatic N) is 4. The van der Waals surface area contributed by atoms with Crippen LogP contribution < -0.4 is 4.90 Å². The highest BCUT2D eigenvalue weighted by Crippen LogP contribution is 2.31. The van der Waals surface area contributed by atoms with E-state index in [2.05, 4.69) is 41.3 Å². The average Bonchev–Trinajstić information content (AvgIpc) is 3.16. The van der Waals surface area contributed by atoms with E-state index in [-0.39, 0.29) is 5.91 Å². The van der Waals surface area contributed by atoms with Crippen LogP contribution in [0.5, 0.6) is 0 Å². The number of carbonyl (C=O) groups excluding carboxylic acids is 1. The van der Waals surface area contributed by atoms with Crippen LogP contribution in [0.4, 0.5) is 5.69 Å². The summed E-state index contributed by atoms with van der Waals surface area (Å²) in [5.74, 6) is 0.146. The molecule has 0 radical (unpaired) electrons. The monoisotopic (exact) mass is 360 g/mol. The summed E-state index contributed by atoms with van der Waals surface area (Å²) >= 11 is 0. The highest BCUT2D eigenvalue weighted by Gasteiger charge is 2.26. The van der Waals surface area contributed by atoms with Crippen LogP contribution in [0.15, 0.2) is 67.0 Å². The Hall–Kier alpha value is -2.92. The summed E-state index contributed by atoms with van der Waals surface area (Å²) in [5, 5.41) is 4.32. The second kappa shape index (κ2) is 7.76. The lowest BCUT2D eigenvalue weighted by molar-refractivity contribution is -0.121. The third-order valence-corrected chi connectivity index (χ3v) is 5.00. The molecule has 0 unspecified atom stereocenters. The number of rotatable bonds is 5. The third-order valence-electron chi connectivity index (χ3n) is 5.00. The second-order valence-corrected chi connectivity index (χ2v) is 6.84. The van der Waals surface area contributed by atoms with E-state index < -0.39 is 0 Å². The Bertz CT molecular complexity index is 919. The molecule has 0 N–H and O–H groups in total. The Morgan fingerprint density at radius 1 is 1.00 bits per heavy atom. The molecule has 5 nitrogen and oxygen atoms in total. The molecule has 4 rings (SSSR count). The van der Waals surface area contributed by atoms with Crippen molar-refractivity contribution < 1.29 is 4.79 Å². The van der Waals surface area contributed by atoms with Gasteiger partial charge in [-0.1, -0.05) is 48.5 Å². The number of para-hydroxylation sites is 1. The minimum atomic E-state index is 0.146. The van der Waals surface area contributed by atoms with Crippen LogP contribution in [-0.2, 0) is 17.9 Å². The molecular formula is C22H24N4O. The second-order valence-electron chi connectivity index (χ2n) is 6.84. The molecule has 0 bridgehead atoms. The van der Waals surface area contributed by atoms with E-state index >= 15 is 0 Å². The SMILES string of the molecule is CCn1cc(CN2CCN(c3ccccc3-c3ccccc3)C(=O)C2)cn1. The summed E-state index contributed by atoms with van der Waals surface area (Å²) in [4.78, 5) is 17.0. The Balaban J connectivity index is 1.50. The van der Waals surface area contributed by atoms with Crippen LogP contribution in [-0.4, -0.2) is 40.2 Å². The van der Waals surface area contributed by atoms with Crippen molar-refractivity contribution >= 4 is 11.6 Å². The van der Waals surface area contributed by atoms with Gasteiger partial charge in [-0.2, -0.15) is 5.10 Å². The van der Waals surface area contributed by atoms with Gasteiger partial charge in [-0.15, -0.1) is 0 Å². The highest BCUT2D eigenvalue weighted by atomic mass is 16.2. The van der Waals surface area contributed by atoms with E-state index in [1.807, 2.05) is 52.2 Å². The molecule has 1 amide bonds. The molecule has 1 aliphatic rings. The van der Waals surface area contributed by atoms with E-state index in [9.17, 15) is 4.79 Å². The molecule has 0 saturated carbocycles. The topological polar surface area (TPSA) is 41.4 Å². The normalized spacial score (nSPS) is 15.3. The number of hydrogen-bond acceptors (Lipinski definition) is 3. The van der Waals surface area contributed by atoms with E-state index in [1.165, 1.54) is 0 Å². The van der Waals surface area contributed by atoms with Gasteiger partial charge in [0, 0.05) is 43.5 Å². The molecule has 5 heteroatoms. The zero-order valence-electron chi connectivity index (χ0n) is 15.6. The lowest BCUT2D eigenvalue weighted by Gasteiger charge is -2.35. The number of amides is 1. The quantitative estimate of drug-likeness (QED) is 0.700. The summed E-state index contributed by atoms with van der Waals surface area (Å²) in [6.45, 7) is 5.68. The maximum Gasteiger partial charge on any atom is 0.241 e. The van der Waals surface area contributed by atoms with Crippen molar-refractivity contribution in [2.75, 3.05) is 24.5 Å². The summed E-state index contributed by atoms with van der Waals surface area (Å²) in [6.07, 6.45) is 3.95. The van der Waals surface area contributed by atoms with Gasteiger partial charge in [0.2, 0.25) is 5.91 Å². The van der Waals surface area contributed by atoms with Gasteiger partial charge in [-0.3, -0.25) is 14.4 Å². The van der Waals surface area contributed by atoms with Gasteiger partial charge < -0.3 is 4.90 Å². The van der Waals surface area contributed by atoms with Crippen LogP contribution in [0.25, 0.3) is 11.1 Å². The van der Waals surface area contributed by atoms with Crippen molar-refractivity contribution in [2.24, 2.45) is 0 Å². The van der Waals surface area contributed by atoms with Gasteiger partial charge in [0.25, 0.3) is 0 Å². The first-order valence-electron chi connectivity index (χ1n) is 9.43. The number of hydrogen-bond donors (Lipinski definition) is 0. The van der Waals surface area contributed by atoms with Gasteiger partial charge in [0.15, 0.2) is 0 Å². The molecule has 3 aromatic rings. The van der Waals surface area contributed by atoms with Gasteiger partial charge in [0.1, 0.15) is 0 Å². The van der Waals surface area contributed by atoms with E-state index in [0.717, 1.165) is 42.0 Å². The fourth-order valence-electron chi connectivity index (χ4n) is 3.60. The van der Waals surface area contributed by atoms with Crippen molar-refractivity contribution in [1.29, 1.82) is 0 Å². The fourth-order valence-corrected chi connectivity index (χ4v) is 3.60. The number of benzene rings is 2. The van der Waals surface area contributed by atoms with E-state index in [0.29, 0.717) is 13.1 Å². The summed E-state index contributed by atoms with van der Waals surface area (Å²) < 4.78 is 1.92. The average molecular weight is 360 g/mol. The molecule has 2 heterocycles. The zero-order chi connectivity index (χ0) is 18.6. The van der Waals surface area contributed by atoms with Crippen LogP contribution in [0.3, 0.4) is 0 Å². The molecule has 1 aliphatic heterocycles. The van der Waals surface area contributed by atoms with E-state index in [4.69, 9.17) is 0 Å². The van der Waals surface area contributed by atoms with Crippen molar-refractivity contribution in [1.82, 2.24) is 14.7 Å².